The molecule has 0 atom stereocenters. The maximum absolute atomic E-state index is 13.9. The number of carbonyl (C=O) groups is 1. The monoisotopic (exact) mass is 493 g/mol. The van der Waals surface area contributed by atoms with Crippen molar-refractivity contribution in [2.45, 2.75) is 44.6 Å². The molecule has 6 rings (SSSR count). The number of anilines is 1. The highest BCUT2D eigenvalue weighted by molar-refractivity contribution is 5.99. The van der Waals surface area contributed by atoms with E-state index in [4.69, 9.17) is 10.1 Å². The van der Waals surface area contributed by atoms with Gasteiger partial charge < -0.3 is 9.88 Å². The largest absolute Gasteiger partial charge is 0.310 e. The maximum atomic E-state index is 13.9. The molecule has 0 unspecified atom stereocenters. The first kappa shape index (κ1) is 23.2. The number of hydrogen-bond acceptors (Lipinski definition) is 3. The van der Waals surface area contributed by atoms with Gasteiger partial charge in [0.25, 0.3) is 0 Å². The van der Waals surface area contributed by atoms with Crippen LogP contribution in [-0.4, -0.2) is 25.2 Å². The third kappa shape index (κ3) is 4.20. The lowest BCUT2D eigenvalue weighted by molar-refractivity contribution is -0.121. The van der Waals surface area contributed by atoms with Gasteiger partial charge in [0.2, 0.25) is 11.9 Å². The fourth-order valence-corrected chi connectivity index (χ4v) is 5.52. The number of imidazole rings is 1. The molecule has 37 heavy (non-hydrogen) atoms. The quantitative estimate of drug-likeness (QED) is 0.308. The van der Waals surface area contributed by atoms with Crippen molar-refractivity contribution in [1.29, 1.82) is 0 Å². The third-order valence-electron chi connectivity index (χ3n) is 7.37. The standard InChI is InChI=1S/C30H28FN5O/c1-21-19-27(33-28(37)30(17-7-8-18-30)23-13-15-24(31)16-14-23)36(34-21)29-32-25-11-5-6-12-26(25)35(29)20-22-9-3-2-4-10-22/h2-6,9-16,19H,7-8,17-18,20H2,1H3,(H,33,37). The summed E-state index contributed by atoms with van der Waals surface area (Å²) in [6, 6.07) is 26.4. The van der Waals surface area contributed by atoms with Gasteiger partial charge in [0, 0.05) is 6.07 Å². The molecule has 1 saturated carbocycles. The van der Waals surface area contributed by atoms with Crippen LogP contribution >= 0.6 is 0 Å². The zero-order chi connectivity index (χ0) is 25.4. The van der Waals surface area contributed by atoms with Gasteiger partial charge in [-0.2, -0.15) is 9.78 Å². The number of halogens is 1. The van der Waals surface area contributed by atoms with E-state index in [1.807, 2.05) is 55.5 Å². The zero-order valence-electron chi connectivity index (χ0n) is 20.7. The van der Waals surface area contributed by atoms with Crippen molar-refractivity contribution in [2.24, 2.45) is 0 Å². The Kier molecular flexibility index (Phi) is 5.83. The van der Waals surface area contributed by atoms with E-state index in [0.29, 0.717) is 18.3 Å². The van der Waals surface area contributed by atoms with Gasteiger partial charge in [-0.25, -0.2) is 9.37 Å². The van der Waals surface area contributed by atoms with E-state index < -0.39 is 5.41 Å². The van der Waals surface area contributed by atoms with E-state index in [1.165, 1.54) is 12.1 Å². The smallest absolute Gasteiger partial charge is 0.236 e. The van der Waals surface area contributed by atoms with Gasteiger partial charge in [0.1, 0.15) is 11.6 Å². The Morgan fingerprint density at radius 2 is 1.68 bits per heavy atom. The van der Waals surface area contributed by atoms with Gasteiger partial charge in [0.05, 0.1) is 28.7 Å². The Labute approximate surface area is 214 Å². The number of rotatable bonds is 6. The van der Waals surface area contributed by atoms with Crippen LogP contribution in [0.5, 0.6) is 0 Å². The second-order valence-electron chi connectivity index (χ2n) is 9.81. The summed E-state index contributed by atoms with van der Waals surface area (Å²) >= 11 is 0. The second-order valence-corrected chi connectivity index (χ2v) is 9.81. The fraction of sp³-hybridized carbons (Fsp3) is 0.233. The zero-order valence-corrected chi connectivity index (χ0v) is 20.7. The summed E-state index contributed by atoms with van der Waals surface area (Å²) in [7, 11) is 0. The van der Waals surface area contributed by atoms with Gasteiger partial charge >= 0.3 is 0 Å². The molecule has 2 aromatic heterocycles. The summed E-state index contributed by atoms with van der Waals surface area (Å²) in [5, 5.41) is 7.91. The van der Waals surface area contributed by atoms with Crippen molar-refractivity contribution in [2.75, 3.05) is 5.32 Å². The van der Waals surface area contributed by atoms with Crippen LogP contribution in [0.3, 0.4) is 0 Å². The van der Waals surface area contributed by atoms with Crippen LogP contribution in [0.1, 0.15) is 42.5 Å². The minimum atomic E-state index is -0.694. The average molecular weight is 494 g/mol. The van der Waals surface area contributed by atoms with Crippen LogP contribution in [0.15, 0.2) is 84.9 Å². The summed E-state index contributed by atoms with van der Waals surface area (Å²) in [5.41, 5.74) is 3.92. The molecule has 2 heterocycles. The van der Waals surface area contributed by atoms with Crippen LogP contribution < -0.4 is 5.32 Å². The predicted octanol–water partition coefficient (Wildman–Crippen LogP) is 6.17. The maximum Gasteiger partial charge on any atom is 0.236 e. The van der Waals surface area contributed by atoms with Gasteiger partial charge in [-0.1, -0.05) is 67.4 Å². The molecular weight excluding hydrogens is 465 g/mol. The lowest BCUT2D eigenvalue weighted by Crippen LogP contribution is -2.38. The summed E-state index contributed by atoms with van der Waals surface area (Å²) in [5.74, 6) is 0.808. The Morgan fingerprint density at radius 3 is 2.43 bits per heavy atom. The van der Waals surface area contributed by atoms with Crippen LogP contribution in [0, 0.1) is 12.7 Å². The van der Waals surface area contributed by atoms with E-state index in [1.54, 1.807) is 16.8 Å². The Morgan fingerprint density at radius 1 is 0.973 bits per heavy atom. The van der Waals surface area contributed by atoms with E-state index in [9.17, 15) is 9.18 Å². The number of nitrogens with zero attached hydrogens (tertiary/aromatic N) is 4. The predicted molar refractivity (Wildman–Crippen MR) is 142 cm³/mol. The summed E-state index contributed by atoms with van der Waals surface area (Å²) in [6.07, 6.45) is 3.36. The average Bonchev–Trinajstić information content (AvgIpc) is 3.63. The Hall–Kier alpha value is -4.26. The fourth-order valence-electron chi connectivity index (χ4n) is 5.52. The van der Waals surface area contributed by atoms with Gasteiger partial charge in [-0.05, 0) is 55.2 Å². The lowest BCUT2D eigenvalue weighted by Gasteiger charge is -2.28. The first-order valence-corrected chi connectivity index (χ1v) is 12.7. The number of carbonyl (C=O) groups excluding carboxylic acids is 1. The van der Waals surface area contributed by atoms with E-state index in [-0.39, 0.29) is 11.7 Å². The summed E-state index contributed by atoms with van der Waals surface area (Å²) < 4.78 is 17.5. The van der Waals surface area contributed by atoms with Crippen LogP contribution in [0.25, 0.3) is 17.0 Å². The molecule has 0 spiro atoms. The number of amides is 1. The number of para-hydroxylation sites is 2. The van der Waals surface area contributed by atoms with Crippen molar-refractivity contribution in [3.05, 3.63) is 108 Å². The van der Waals surface area contributed by atoms with E-state index in [2.05, 4.69) is 22.0 Å². The summed E-state index contributed by atoms with van der Waals surface area (Å²) in [4.78, 5) is 18.8. The van der Waals surface area contributed by atoms with Crippen LogP contribution in [-0.2, 0) is 16.8 Å². The first-order chi connectivity index (χ1) is 18.0. The summed E-state index contributed by atoms with van der Waals surface area (Å²) in [6.45, 7) is 2.52. The second kappa shape index (κ2) is 9.32. The molecule has 1 aliphatic rings. The van der Waals surface area contributed by atoms with Gasteiger partial charge in [-0.15, -0.1) is 0 Å². The molecule has 0 radical (unpaired) electrons. The van der Waals surface area contributed by atoms with Crippen LogP contribution in [0.4, 0.5) is 10.2 Å². The highest BCUT2D eigenvalue weighted by atomic mass is 19.1. The molecule has 0 saturated heterocycles. The normalized spacial score (nSPS) is 14.8. The first-order valence-electron chi connectivity index (χ1n) is 12.7. The highest BCUT2D eigenvalue weighted by Crippen LogP contribution is 2.42. The van der Waals surface area contributed by atoms with Crippen molar-refractivity contribution in [1.82, 2.24) is 19.3 Å². The number of aryl methyl sites for hydroxylation is 1. The third-order valence-corrected chi connectivity index (χ3v) is 7.37. The molecule has 0 aliphatic heterocycles. The number of nitrogens with one attached hydrogen (secondary N) is 1. The van der Waals surface area contributed by atoms with Gasteiger partial charge in [-0.3, -0.25) is 4.79 Å². The highest BCUT2D eigenvalue weighted by Gasteiger charge is 2.43. The van der Waals surface area contributed by atoms with Crippen molar-refractivity contribution < 1.29 is 9.18 Å². The molecule has 1 amide bonds. The number of aromatic nitrogens is 4. The van der Waals surface area contributed by atoms with Crippen LogP contribution in [0.2, 0.25) is 0 Å². The van der Waals surface area contributed by atoms with Gasteiger partial charge in [0.15, 0.2) is 0 Å². The topological polar surface area (TPSA) is 64.7 Å². The van der Waals surface area contributed by atoms with Crippen molar-refractivity contribution >= 4 is 22.8 Å². The molecule has 3 aromatic carbocycles. The number of fused-ring (bicyclic) bond motifs is 1. The minimum Gasteiger partial charge on any atom is -0.310 e. The molecule has 7 heteroatoms. The number of hydrogen-bond donors (Lipinski definition) is 1. The molecule has 0 bridgehead atoms. The van der Waals surface area contributed by atoms with Crippen molar-refractivity contribution in [3.63, 3.8) is 0 Å². The van der Waals surface area contributed by atoms with E-state index >= 15 is 0 Å². The molecule has 186 valence electrons. The minimum absolute atomic E-state index is 0.0940. The molecule has 5 aromatic rings. The molecule has 1 aliphatic carbocycles. The Bertz CT molecular complexity index is 1560. The molecule has 6 nitrogen and oxygen atoms in total. The number of benzene rings is 3. The SMILES string of the molecule is Cc1cc(NC(=O)C2(c3ccc(F)cc3)CCCC2)n(-c2nc3ccccc3n2Cc2ccccc2)n1. The Balaban J connectivity index is 1.41. The lowest BCUT2D eigenvalue weighted by atomic mass is 9.78. The molecular formula is C30H28FN5O. The van der Waals surface area contributed by atoms with Crippen molar-refractivity contribution in [3.8, 4) is 5.95 Å². The molecule has 1 N–H and O–H groups in total. The van der Waals surface area contributed by atoms with E-state index in [0.717, 1.165) is 53.5 Å². The molecule has 1 fully saturated rings.